The number of carbonyl (C=O) groups excluding carboxylic acids is 4. The number of hydrogen-bond acceptors (Lipinski definition) is 15. The molecule has 0 rings (SSSR count). The summed E-state index contributed by atoms with van der Waals surface area (Å²) in [5.74, 6) is -0.538. The fourth-order valence-corrected chi connectivity index (χ4v) is 12.5. The fraction of sp³-hybridized carbons (Fsp3) is 0.944. The van der Waals surface area contributed by atoms with Crippen LogP contribution in [0.3, 0.4) is 0 Å². The lowest BCUT2D eigenvalue weighted by Gasteiger charge is -2.21. The monoisotopic (exact) mass is 1340 g/mol. The van der Waals surface area contributed by atoms with E-state index in [1.54, 1.807) is 0 Å². The summed E-state index contributed by atoms with van der Waals surface area (Å²) < 4.78 is 68.2. The molecule has 17 nitrogen and oxygen atoms in total. The number of unbranched alkanes of at least 4 members (excludes halogenated alkanes) is 39. The summed E-state index contributed by atoms with van der Waals surface area (Å²) in [4.78, 5) is 72.4. The van der Waals surface area contributed by atoms with Gasteiger partial charge in [-0.25, -0.2) is 9.13 Å². The van der Waals surface area contributed by atoms with Gasteiger partial charge in [-0.15, -0.1) is 0 Å². The first-order chi connectivity index (χ1) is 43.9. The van der Waals surface area contributed by atoms with Crippen LogP contribution in [0.25, 0.3) is 0 Å². The van der Waals surface area contributed by atoms with Crippen molar-refractivity contribution in [3.63, 3.8) is 0 Å². The molecule has 0 aliphatic rings. The third kappa shape index (κ3) is 63.9. The van der Waals surface area contributed by atoms with E-state index in [0.717, 1.165) is 115 Å². The van der Waals surface area contributed by atoms with Gasteiger partial charge in [0.05, 0.1) is 26.4 Å². The number of aliphatic hydroxyl groups excluding tert-OH is 1. The van der Waals surface area contributed by atoms with Gasteiger partial charge in [0, 0.05) is 25.7 Å². The van der Waals surface area contributed by atoms with Gasteiger partial charge in [0.25, 0.3) is 0 Å². The lowest BCUT2D eigenvalue weighted by Crippen LogP contribution is -2.30. The lowest BCUT2D eigenvalue weighted by atomic mass is 9.99. The third-order valence-corrected chi connectivity index (χ3v) is 19.3. The summed E-state index contributed by atoms with van der Waals surface area (Å²) in [6, 6.07) is 0. The summed E-state index contributed by atoms with van der Waals surface area (Å²) in [5.41, 5.74) is 0. The maximum absolute atomic E-state index is 13.0. The molecule has 0 bridgehead atoms. The van der Waals surface area contributed by atoms with Gasteiger partial charge < -0.3 is 33.8 Å². The zero-order valence-corrected chi connectivity index (χ0v) is 60.9. The normalized spacial score (nSPS) is 14.7. The van der Waals surface area contributed by atoms with Crippen molar-refractivity contribution < 1.29 is 80.2 Å². The predicted molar refractivity (Wildman–Crippen MR) is 368 cm³/mol. The van der Waals surface area contributed by atoms with Crippen molar-refractivity contribution in [3.05, 3.63) is 0 Å². The molecular weight excluding hydrogens is 1200 g/mol. The maximum Gasteiger partial charge on any atom is 0.472 e. The Morgan fingerprint density at radius 3 is 0.780 bits per heavy atom. The zero-order chi connectivity index (χ0) is 67.2. The Balaban J connectivity index is 5.13. The number of phosphoric acid groups is 2. The Labute approximate surface area is 556 Å². The molecule has 3 N–H and O–H groups in total. The largest absolute Gasteiger partial charge is 0.472 e. The van der Waals surface area contributed by atoms with Crippen molar-refractivity contribution in [2.45, 2.75) is 387 Å². The quantitative estimate of drug-likeness (QED) is 0.0222. The first-order valence-electron chi connectivity index (χ1n) is 37.6. The summed E-state index contributed by atoms with van der Waals surface area (Å²) in [6.45, 7) is 9.53. The molecule has 91 heavy (non-hydrogen) atoms. The summed E-state index contributed by atoms with van der Waals surface area (Å²) in [6.07, 6.45) is 50.2. The summed E-state index contributed by atoms with van der Waals surface area (Å²) in [7, 11) is -9.90. The maximum atomic E-state index is 13.0. The van der Waals surface area contributed by atoms with Crippen molar-refractivity contribution in [2.75, 3.05) is 39.6 Å². The number of hydrogen-bond donors (Lipinski definition) is 3. The number of ether oxygens (including phenoxy) is 4. The van der Waals surface area contributed by atoms with Crippen LogP contribution in [0.15, 0.2) is 0 Å². The Hall–Kier alpha value is -1.94. The Kier molecular flexibility index (Phi) is 62.7. The number of rotatable bonds is 71. The van der Waals surface area contributed by atoms with Crippen molar-refractivity contribution >= 4 is 39.5 Å². The highest BCUT2D eigenvalue weighted by Gasteiger charge is 2.30. The van der Waals surface area contributed by atoms with Crippen LogP contribution in [0.1, 0.15) is 369 Å². The highest BCUT2D eigenvalue weighted by Crippen LogP contribution is 2.45. The SMILES string of the molecule is CCCCCCCCCCCCCCC(=O)OC[C@H](COP(=O)(O)OC[C@@H](O)COP(=O)(O)OC[C@@H](COC(=O)CCCCCCCCC)OC(=O)CCCCCCCCC(C)CC)OC(=O)CCCCCCCCCCCCCCCCCCCCC(C)CC. The molecule has 19 heteroatoms. The van der Waals surface area contributed by atoms with E-state index in [0.29, 0.717) is 25.7 Å². The van der Waals surface area contributed by atoms with Crippen LogP contribution in [-0.2, 0) is 65.4 Å². The summed E-state index contributed by atoms with van der Waals surface area (Å²) >= 11 is 0. The van der Waals surface area contributed by atoms with Gasteiger partial charge >= 0.3 is 39.5 Å². The molecule has 0 radical (unpaired) electrons. The average molecular weight is 1340 g/mol. The molecule has 0 aromatic carbocycles. The van der Waals surface area contributed by atoms with E-state index in [1.165, 1.54) is 173 Å². The Morgan fingerprint density at radius 2 is 0.527 bits per heavy atom. The van der Waals surface area contributed by atoms with E-state index in [2.05, 4.69) is 41.5 Å². The smallest absolute Gasteiger partial charge is 0.462 e. The van der Waals surface area contributed by atoms with Gasteiger partial charge in [-0.1, -0.05) is 318 Å². The first-order valence-corrected chi connectivity index (χ1v) is 40.6. The molecule has 4 unspecified atom stereocenters. The van der Waals surface area contributed by atoms with Crippen LogP contribution in [0.5, 0.6) is 0 Å². The average Bonchev–Trinajstić information content (AvgIpc) is 3.71. The van der Waals surface area contributed by atoms with E-state index in [-0.39, 0.29) is 25.7 Å². The summed E-state index contributed by atoms with van der Waals surface area (Å²) in [5, 5.41) is 10.6. The van der Waals surface area contributed by atoms with Crippen molar-refractivity contribution in [3.8, 4) is 0 Å². The minimum Gasteiger partial charge on any atom is -0.462 e. The second kappa shape index (κ2) is 64.1. The van der Waals surface area contributed by atoms with Gasteiger partial charge in [0.15, 0.2) is 12.2 Å². The van der Waals surface area contributed by atoms with Crippen molar-refractivity contribution in [1.29, 1.82) is 0 Å². The van der Waals surface area contributed by atoms with Crippen LogP contribution in [0.4, 0.5) is 0 Å². The fourth-order valence-electron chi connectivity index (χ4n) is 10.9. The molecule has 0 saturated carbocycles. The van der Waals surface area contributed by atoms with E-state index in [4.69, 9.17) is 37.0 Å². The lowest BCUT2D eigenvalue weighted by molar-refractivity contribution is -0.161. The van der Waals surface area contributed by atoms with Gasteiger partial charge in [0.1, 0.15) is 19.3 Å². The minimum atomic E-state index is -4.95. The molecule has 0 aliphatic carbocycles. The van der Waals surface area contributed by atoms with Gasteiger partial charge in [-0.2, -0.15) is 0 Å². The molecule has 0 aromatic heterocycles. The topological polar surface area (TPSA) is 237 Å². The molecule has 7 atom stereocenters. The highest BCUT2D eigenvalue weighted by molar-refractivity contribution is 7.47. The first kappa shape index (κ1) is 89.1. The predicted octanol–water partition coefficient (Wildman–Crippen LogP) is 20.8. The Bertz CT molecular complexity index is 1770. The third-order valence-electron chi connectivity index (χ3n) is 17.4. The van der Waals surface area contributed by atoms with Gasteiger partial charge in [0.2, 0.25) is 0 Å². The van der Waals surface area contributed by atoms with Crippen LogP contribution in [-0.4, -0.2) is 96.7 Å². The Morgan fingerprint density at radius 1 is 0.308 bits per heavy atom. The van der Waals surface area contributed by atoms with Crippen LogP contribution in [0, 0.1) is 11.8 Å². The molecule has 0 spiro atoms. The van der Waals surface area contributed by atoms with Crippen molar-refractivity contribution in [1.82, 2.24) is 0 Å². The molecule has 0 aliphatic heterocycles. The number of phosphoric ester groups is 2. The molecule has 0 aromatic rings. The number of aliphatic hydroxyl groups is 1. The van der Waals surface area contributed by atoms with Crippen molar-refractivity contribution in [2.24, 2.45) is 11.8 Å². The van der Waals surface area contributed by atoms with Crippen LogP contribution in [0.2, 0.25) is 0 Å². The van der Waals surface area contributed by atoms with Crippen LogP contribution >= 0.6 is 15.6 Å². The molecule has 0 heterocycles. The number of esters is 4. The van der Waals surface area contributed by atoms with E-state index < -0.39 is 97.5 Å². The molecule has 0 fully saturated rings. The standard InChI is InChI=1S/C72H140O17P2/c1-7-11-13-15-17-18-19-29-32-36-43-49-55-70(75)83-61-67(88-71(76)56-50-44-37-33-30-27-25-23-21-20-22-24-26-28-31-35-40-46-52-64(5)9-3)62-86-90(78,79)84-58-66(73)59-85-91(80,81)87-63-68(60-82-69(74)54-48-42-34-16-14-12-8-2)89-72(77)57-51-45-39-38-41-47-53-65(6)10-4/h64-68,73H,7-63H2,1-6H3,(H,78,79)(H,80,81)/t64?,65?,66-,67-,68-/m1/s1. The molecule has 540 valence electrons. The van der Waals surface area contributed by atoms with E-state index >= 15 is 0 Å². The molecule has 0 amide bonds. The van der Waals surface area contributed by atoms with Crippen LogP contribution < -0.4 is 0 Å². The second-order valence-electron chi connectivity index (χ2n) is 26.5. The van der Waals surface area contributed by atoms with Gasteiger partial charge in [-0.05, 0) is 37.5 Å². The number of carbonyl (C=O) groups is 4. The molecule has 0 saturated heterocycles. The highest BCUT2D eigenvalue weighted by atomic mass is 31.2. The molecular formula is C72H140O17P2. The van der Waals surface area contributed by atoms with Gasteiger partial charge in [-0.3, -0.25) is 37.3 Å². The van der Waals surface area contributed by atoms with E-state index in [1.807, 2.05) is 0 Å². The minimum absolute atomic E-state index is 0.103. The second-order valence-corrected chi connectivity index (χ2v) is 29.4. The zero-order valence-electron chi connectivity index (χ0n) is 59.1. The van der Waals surface area contributed by atoms with E-state index in [9.17, 15) is 43.2 Å².